The van der Waals surface area contributed by atoms with E-state index in [0.717, 1.165) is 17.7 Å². The first-order chi connectivity index (χ1) is 13.5. The van der Waals surface area contributed by atoms with Crippen molar-refractivity contribution in [1.29, 1.82) is 0 Å². The van der Waals surface area contributed by atoms with E-state index in [1.54, 1.807) is 19.3 Å². The predicted molar refractivity (Wildman–Crippen MR) is 110 cm³/mol. The van der Waals surface area contributed by atoms with Crippen LogP contribution in [0.5, 0.6) is 0 Å². The molecular weight excluding hydrogens is 398 g/mol. The molecule has 0 N–H and O–H groups in total. The second-order valence-corrected chi connectivity index (χ2v) is 7.80. The van der Waals surface area contributed by atoms with Crippen LogP contribution in [0.15, 0.2) is 46.2 Å². The Bertz CT molecular complexity index is 940. The third kappa shape index (κ3) is 4.42. The van der Waals surface area contributed by atoms with E-state index in [2.05, 4.69) is 10.2 Å². The van der Waals surface area contributed by atoms with Crippen LogP contribution in [0.1, 0.15) is 32.3 Å². The summed E-state index contributed by atoms with van der Waals surface area (Å²) in [5.74, 6) is 0.894. The van der Waals surface area contributed by atoms with Crippen LogP contribution in [0, 0.1) is 6.92 Å². The summed E-state index contributed by atoms with van der Waals surface area (Å²) in [6, 6.07) is 9.25. The number of nitrogens with zero attached hydrogens (tertiary/aromatic N) is 3. The van der Waals surface area contributed by atoms with Crippen LogP contribution >= 0.6 is 23.4 Å². The number of aromatic nitrogens is 3. The lowest BCUT2D eigenvalue weighted by molar-refractivity contribution is -0.142. The van der Waals surface area contributed by atoms with Crippen molar-refractivity contribution in [2.75, 3.05) is 6.61 Å². The third-order valence-electron chi connectivity index (χ3n) is 4.14. The Morgan fingerprint density at radius 1 is 1.32 bits per heavy atom. The van der Waals surface area contributed by atoms with Crippen molar-refractivity contribution in [1.82, 2.24) is 14.8 Å². The van der Waals surface area contributed by atoms with E-state index >= 15 is 0 Å². The van der Waals surface area contributed by atoms with Gasteiger partial charge in [0.1, 0.15) is 5.25 Å². The number of furan rings is 1. The van der Waals surface area contributed by atoms with Crippen molar-refractivity contribution >= 4 is 29.3 Å². The van der Waals surface area contributed by atoms with Crippen LogP contribution in [0.3, 0.4) is 0 Å². The third-order valence-corrected chi connectivity index (χ3v) is 5.56. The number of halogens is 1. The quantitative estimate of drug-likeness (QED) is 0.364. The molecule has 1 atom stereocenters. The Morgan fingerprint density at radius 3 is 2.82 bits per heavy atom. The first kappa shape index (κ1) is 20.5. The summed E-state index contributed by atoms with van der Waals surface area (Å²) in [6.07, 6.45) is 3.12. The van der Waals surface area contributed by atoms with E-state index in [1.165, 1.54) is 11.8 Å². The second-order valence-electron chi connectivity index (χ2n) is 6.20. The molecule has 1 unspecified atom stereocenters. The molecule has 0 radical (unpaired) electrons. The fourth-order valence-electron chi connectivity index (χ4n) is 2.80. The number of hydrogen-bond acceptors (Lipinski definition) is 6. The zero-order valence-corrected chi connectivity index (χ0v) is 17.6. The number of ether oxygens (including phenoxy) is 1. The molecule has 0 spiro atoms. The number of carbonyl (C=O) groups is 1. The van der Waals surface area contributed by atoms with Crippen molar-refractivity contribution in [2.45, 2.75) is 44.0 Å². The van der Waals surface area contributed by atoms with E-state index in [-0.39, 0.29) is 11.2 Å². The first-order valence-corrected chi connectivity index (χ1v) is 10.4. The van der Waals surface area contributed by atoms with Crippen LogP contribution < -0.4 is 0 Å². The average Bonchev–Trinajstić information content (AvgIpc) is 3.33. The maximum atomic E-state index is 12.4. The van der Waals surface area contributed by atoms with Gasteiger partial charge in [-0.2, -0.15) is 0 Å². The lowest BCUT2D eigenvalue weighted by atomic mass is 10.2. The van der Waals surface area contributed by atoms with Crippen LogP contribution in [0.4, 0.5) is 0 Å². The largest absolute Gasteiger partial charge is 0.465 e. The van der Waals surface area contributed by atoms with E-state index in [4.69, 9.17) is 20.8 Å². The van der Waals surface area contributed by atoms with Crippen LogP contribution in [0.2, 0.25) is 5.02 Å². The van der Waals surface area contributed by atoms with Crippen LogP contribution in [-0.2, 0) is 9.53 Å². The molecule has 0 aliphatic rings. The Kier molecular flexibility index (Phi) is 6.80. The number of benzene rings is 1. The summed E-state index contributed by atoms with van der Waals surface area (Å²) in [5.41, 5.74) is 1.84. The normalized spacial score (nSPS) is 12.1. The predicted octanol–water partition coefficient (Wildman–Crippen LogP) is 5.31. The zero-order valence-electron chi connectivity index (χ0n) is 16.0. The highest BCUT2D eigenvalue weighted by Gasteiger charge is 2.26. The van der Waals surface area contributed by atoms with Gasteiger partial charge in [-0.15, -0.1) is 10.2 Å². The van der Waals surface area contributed by atoms with E-state index < -0.39 is 0 Å². The lowest BCUT2D eigenvalue weighted by Crippen LogP contribution is -2.21. The number of esters is 1. The zero-order chi connectivity index (χ0) is 20.1. The molecule has 0 aliphatic carbocycles. The highest BCUT2D eigenvalue weighted by atomic mass is 35.5. The first-order valence-electron chi connectivity index (χ1n) is 9.14. The molecule has 3 rings (SSSR count). The van der Waals surface area contributed by atoms with Crippen molar-refractivity contribution in [2.24, 2.45) is 0 Å². The minimum absolute atomic E-state index is 0.244. The lowest BCUT2D eigenvalue weighted by Gasteiger charge is -2.16. The van der Waals surface area contributed by atoms with Crippen LogP contribution in [-0.4, -0.2) is 32.6 Å². The molecule has 148 valence electrons. The molecule has 0 amide bonds. The molecule has 0 saturated heterocycles. The molecule has 0 aliphatic heterocycles. The number of thioether (sulfide) groups is 1. The van der Waals surface area contributed by atoms with Crippen LogP contribution in [0.25, 0.3) is 17.3 Å². The van der Waals surface area contributed by atoms with Crippen molar-refractivity contribution in [3.63, 3.8) is 0 Å². The van der Waals surface area contributed by atoms with Crippen molar-refractivity contribution in [3.8, 4) is 17.3 Å². The molecule has 2 heterocycles. The topological polar surface area (TPSA) is 70.2 Å². The molecule has 6 nitrogen and oxygen atoms in total. The van der Waals surface area contributed by atoms with Gasteiger partial charge in [-0.25, -0.2) is 0 Å². The van der Waals surface area contributed by atoms with E-state index in [9.17, 15) is 4.79 Å². The Balaban J connectivity index is 2.09. The van der Waals surface area contributed by atoms with Gasteiger partial charge in [-0.3, -0.25) is 9.36 Å². The molecular formula is C20H22ClN3O3S. The van der Waals surface area contributed by atoms with Gasteiger partial charge < -0.3 is 9.15 Å². The molecule has 3 aromatic rings. The van der Waals surface area contributed by atoms with E-state index in [0.29, 0.717) is 34.8 Å². The van der Waals surface area contributed by atoms with E-state index in [1.807, 2.05) is 42.7 Å². The van der Waals surface area contributed by atoms with Gasteiger partial charge in [-0.1, -0.05) is 42.8 Å². The summed E-state index contributed by atoms with van der Waals surface area (Å²) < 4.78 is 12.7. The van der Waals surface area contributed by atoms with Gasteiger partial charge in [0.05, 0.1) is 18.6 Å². The Morgan fingerprint density at radius 2 is 2.14 bits per heavy atom. The fourth-order valence-corrected chi connectivity index (χ4v) is 4.12. The summed E-state index contributed by atoms with van der Waals surface area (Å²) in [6.45, 7) is 6.17. The maximum Gasteiger partial charge on any atom is 0.319 e. The fraction of sp³-hybridized carbons (Fsp3) is 0.350. The summed E-state index contributed by atoms with van der Waals surface area (Å²) in [4.78, 5) is 12.4. The minimum Gasteiger partial charge on any atom is -0.465 e. The number of rotatable bonds is 8. The molecule has 0 saturated carbocycles. The standard InChI is InChI=1S/C20H22ClN3O3S/c1-4-7-17(19(25)26-5-2)28-20-23-22-18(16-8-6-11-27-16)24(20)15-12-14(21)10-9-13(15)3/h6,8-12,17H,4-5,7H2,1-3H3. The molecule has 1 aromatic carbocycles. The SMILES string of the molecule is CCCC(Sc1nnc(-c2ccco2)n1-c1cc(Cl)ccc1C)C(=O)OCC. The number of aryl methyl sites for hydroxylation is 1. The Labute approximate surface area is 173 Å². The Hall–Kier alpha value is -2.25. The molecule has 8 heteroatoms. The van der Waals surface area contributed by atoms with Gasteiger partial charge in [0.15, 0.2) is 10.9 Å². The summed E-state index contributed by atoms with van der Waals surface area (Å²) >= 11 is 7.60. The monoisotopic (exact) mass is 419 g/mol. The van der Waals surface area contributed by atoms with Gasteiger partial charge in [0, 0.05) is 5.02 Å². The van der Waals surface area contributed by atoms with Crippen molar-refractivity contribution < 1.29 is 13.9 Å². The highest BCUT2D eigenvalue weighted by Crippen LogP contribution is 2.34. The smallest absolute Gasteiger partial charge is 0.319 e. The summed E-state index contributed by atoms with van der Waals surface area (Å²) in [7, 11) is 0. The minimum atomic E-state index is -0.364. The summed E-state index contributed by atoms with van der Waals surface area (Å²) in [5, 5.41) is 9.50. The second kappa shape index (κ2) is 9.30. The van der Waals surface area contributed by atoms with Gasteiger partial charge in [0.2, 0.25) is 5.82 Å². The van der Waals surface area contributed by atoms with Crippen molar-refractivity contribution in [3.05, 3.63) is 47.2 Å². The highest BCUT2D eigenvalue weighted by molar-refractivity contribution is 8.00. The molecule has 28 heavy (non-hydrogen) atoms. The average molecular weight is 420 g/mol. The molecule has 0 fully saturated rings. The van der Waals surface area contributed by atoms with Gasteiger partial charge in [0.25, 0.3) is 0 Å². The number of hydrogen-bond donors (Lipinski definition) is 0. The molecule has 2 aromatic heterocycles. The number of carbonyl (C=O) groups excluding carboxylic acids is 1. The van der Waals surface area contributed by atoms with Gasteiger partial charge in [-0.05, 0) is 50.1 Å². The maximum absolute atomic E-state index is 12.4. The molecule has 0 bridgehead atoms. The van der Waals surface area contributed by atoms with Gasteiger partial charge >= 0.3 is 5.97 Å².